The predicted molar refractivity (Wildman–Crippen MR) is 68.6 cm³/mol. The molecule has 0 aromatic heterocycles. The Morgan fingerprint density at radius 1 is 1.47 bits per heavy atom. The molecule has 0 heterocycles. The number of esters is 1. The number of rotatable bonds is 5. The smallest absolute Gasteiger partial charge is 0.330 e. The van der Waals surface area contributed by atoms with Crippen molar-refractivity contribution in [2.75, 3.05) is 7.11 Å². The fourth-order valence-corrected chi connectivity index (χ4v) is 1.93. The van der Waals surface area contributed by atoms with E-state index in [0.29, 0.717) is 0 Å². The number of benzene rings is 1. The fourth-order valence-electron chi connectivity index (χ4n) is 1.93. The summed E-state index contributed by atoms with van der Waals surface area (Å²) < 4.78 is 31.9. The number of ether oxygens (including phenoxy) is 1. The Labute approximate surface area is 112 Å². The van der Waals surface area contributed by atoms with Gasteiger partial charge in [0.1, 0.15) is 17.2 Å². The molecule has 1 rings (SSSR count). The lowest BCUT2D eigenvalue weighted by molar-refractivity contribution is -0.148. The third-order valence-corrected chi connectivity index (χ3v) is 3.21. The van der Waals surface area contributed by atoms with Crippen LogP contribution >= 0.6 is 0 Å². The molecule has 0 saturated heterocycles. The van der Waals surface area contributed by atoms with Gasteiger partial charge in [-0.2, -0.15) is 0 Å². The van der Waals surface area contributed by atoms with Crippen LogP contribution in [0.15, 0.2) is 18.2 Å². The van der Waals surface area contributed by atoms with Gasteiger partial charge in [0.2, 0.25) is 0 Å². The molecule has 0 saturated carbocycles. The van der Waals surface area contributed by atoms with Crippen LogP contribution in [0.5, 0.6) is 0 Å². The molecule has 1 aromatic rings. The summed E-state index contributed by atoms with van der Waals surface area (Å²) in [5, 5.41) is 3.00. The summed E-state index contributed by atoms with van der Waals surface area (Å²) in [5.74, 6) is -1.90. The monoisotopic (exact) mass is 271 g/mol. The highest BCUT2D eigenvalue weighted by Gasteiger charge is 2.39. The first-order valence-corrected chi connectivity index (χ1v) is 6.16. The molecule has 19 heavy (non-hydrogen) atoms. The third-order valence-electron chi connectivity index (χ3n) is 3.21. The maximum Gasteiger partial charge on any atom is 0.330 e. The van der Waals surface area contributed by atoms with Crippen LogP contribution in [-0.4, -0.2) is 19.1 Å². The van der Waals surface area contributed by atoms with Crippen molar-refractivity contribution in [2.45, 2.75) is 38.8 Å². The molecule has 0 bridgehead atoms. The second-order valence-corrected chi connectivity index (χ2v) is 4.69. The number of nitrogens with one attached hydrogen (secondary N) is 1. The number of halogens is 2. The maximum atomic E-state index is 13.9. The van der Waals surface area contributed by atoms with Gasteiger partial charge < -0.3 is 4.74 Å². The van der Waals surface area contributed by atoms with Crippen molar-refractivity contribution in [3.05, 3.63) is 35.4 Å². The van der Waals surface area contributed by atoms with Crippen molar-refractivity contribution < 1.29 is 18.3 Å². The van der Waals surface area contributed by atoms with E-state index in [-0.39, 0.29) is 11.6 Å². The van der Waals surface area contributed by atoms with Crippen LogP contribution in [0.4, 0.5) is 8.78 Å². The minimum atomic E-state index is -1.42. The highest BCUT2D eigenvalue weighted by atomic mass is 19.1. The Kier molecular flexibility index (Phi) is 5.00. The highest BCUT2D eigenvalue weighted by molar-refractivity contribution is 5.82. The zero-order valence-corrected chi connectivity index (χ0v) is 11.6. The van der Waals surface area contributed by atoms with Gasteiger partial charge in [-0.05, 0) is 38.5 Å². The van der Waals surface area contributed by atoms with Gasteiger partial charge in [-0.3, -0.25) is 5.32 Å². The second kappa shape index (κ2) is 6.10. The van der Waals surface area contributed by atoms with Crippen molar-refractivity contribution in [1.82, 2.24) is 5.32 Å². The molecular formula is C14H19F2NO2. The quantitative estimate of drug-likeness (QED) is 0.837. The second-order valence-electron chi connectivity index (χ2n) is 4.69. The van der Waals surface area contributed by atoms with Crippen molar-refractivity contribution in [3.63, 3.8) is 0 Å². The summed E-state index contributed by atoms with van der Waals surface area (Å²) >= 11 is 0. The third kappa shape index (κ3) is 3.29. The Bertz CT molecular complexity index is 465. The standard InChI is InChI=1S/C14H19F2NO2/c1-5-9(2)17-14(3,13(18)19-4)11-8-10(15)6-7-12(11)16/h6-9,17H,5H2,1-4H3. The Morgan fingerprint density at radius 2 is 2.11 bits per heavy atom. The van der Waals surface area contributed by atoms with E-state index in [9.17, 15) is 13.6 Å². The molecule has 1 N–H and O–H groups in total. The molecular weight excluding hydrogens is 252 g/mol. The van der Waals surface area contributed by atoms with E-state index in [2.05, 4.69) is 5.32 Å². The van der Waals surface area contributed by atoms with E-state index in [4.69, 9.17) is 4.74 Å². The van der Waals surface area contributed by atoms with Gasteiger partial charge in [0.05, 0.1) is 7.11 Å². The molecule has 2 unspecified atom stereocenters. The molecule has 1 aromatic carbocycles. The number of hydrogen-bond donors (Lipinski definition) is 1. The summed E-state index contributed by atoms with van der Waals surface area (Å²) in [5.41, 5.74) is -1.48. The van der Waals surface area contributed by atoms with Gasteiger partial charge in [0.15, 0.2) is 0 Å². The molecule has 0 aliphatic heterocycles. The fraction of sp³-hybridized carbons (Fsp3) is 0.500. The molecule has 0 aliphatic carbocycles. The molecule has 0 aliphatic rings. The zero-order chi connectivity index (χ0) is 14.6. The van der Waals surface area contributed by atoms with Crippen LogP contribution in [0.25, 0.3) is 0 Å². The normalized spacial score (nSPS) is 15.7. The van der Waals surface area contributed by atoms with Crippen molar-refractivity contribution in [2.24, 2.45) is 0 Å². The van der Waals surface area contributed by atoms with Crippen LogP contribution in [0.3, 0.4) is 0 Å². The Hall–Kier alpha value is -1.49. The maximum absolute atomic E-state index is 13.9. The van der Waals surface area contributed by atoms with Gasteiger partial charge in [-0.25, -0.2) is 13.6 Å². The summed E-state index contributed by atoms with van der Waals surface area (Å²) in [6.45, 7) is 5.28. The molecule has 0 radical (unpaired) electrons. The Morgan fingerprint density at radius 3 is 2.63 bits per heavy atom. The number of methoxy groups -OCH3 is 1. The average Bonchev–Trinajstić information content (AvgIpc) is 2.40. The number of carbonyl (C=O) groups excluding carboxylic acids is 1. The van der Waals surface area contributed by atoms with Gasteiger partial charge in [0.25, 0.3) is 0 Å². The summed E-state index contributed by atoms with van der Waals surface area (Å²) in [6, 6.07) is 2.98. The van der Waals surface area contributed by atoms with Gasteiger partial charge in [-0.1, -0.05) is 6.92 Å². The number of carbonyl (C=O) groups is 1. The molecule has 3 nitrogen and oxygen atoms in total. The van der Waals surface area contributed by atoms with Gasteiger partial charge >= 0.3 is 5.97 Å². The molecule has 0 amide bonds. The van der Waals surface area contributed by atoms with E-state index in [0.717, 1.165) is 24.6 Å². The minimum Gasteiger partial charge on any atom is -0.467 e. The minimum absolute atomic E-state index is 0.0493. The Balaban J connectivity index is 3.30. The lowest BCUT2D eigenvalue weighted by Crippen LogP contribution is -2.51. The molecule has 0 spiro atoms. The predicted octanol–water partition coefficient (Wildman–Crippen LogP) is 2.74. The van der Waals surface area contributed by atoms with E-state index < -0.39 is 23.1 Å². The van der Waals surface area contributed by atoms with E-state index in [1.165, 1.54) is 14.0 Å². The SMILES string of the molecule is CCC(C)NC(C)(C(=O)OC)c1cc(F)ccc1F. The van der Waals surface area contributed by atoms with Gasteiger partial charge in [-0.15, -0.1) is 0 Å². The number of hydrogen-bond acceptors (Lipinski definition) is 3. The molecule has 0 fully saturated rings. The zero-order valence-electron chi connectivity index (χ0n) is 11.6. The largest absolute Gasteiger partial charge is 0.467 e. The van der Waals surface area contributed by atoms with Crippen LogP contribution in [0, 0.1) is 11.6 Å². The topological polar surface area (TPSA) is 38.3 Å². The van der Waals surface area contributed by atoms with Crippen molar-refractivity contribution >= 4 is 5.97 Å². The first-order valence-electron chi connectivity index (χ1n) is 6.16. The average molecular weight is 271 g/mol. The lowest BCUT2D eigenvalue weighted by atomic mass is 9.90. The molecule has 106 valence electrons. The van der Waals surface area contributed by atoms with Crippen molar-refractivity contribution in [3.8, 4) is 0 Å². The lowest BCUT2D eigenvalue weighted by Gasteiger charge is -2.31. The van der Waals surface area contributed by atoms with Crippen LogP contribution in [-0.2, 0) is 15.1 Å². The van der Waals surface area contributed by atoms with Crippen LogP contribution < -0.4 is 5.32 Å². The summed E-state index contributed by atoms with van der Waals surface area (Å²) in [6.07, 6.45) is 0.740. The van der Waals surface area contributed by atoms with E-state index in [1.54, 1.807) is 0 Å². The first kappa shape index (κ1) is 15.6. The molecule has 5 heteroatoms. The van der Waals surface area contributed by atoms with E-state index in [1.807, 2.05) is 13.8 Å². The highest BCUT2D eigenvalue weighted by Crippen LogP contribution is 2.27. The summed E-state index contributed by atoms with van der Waals surface area (Å²) in [4.78, 5) is 12.0. The summed E-state index contributed by atoms with van der Waals surface area (Å²) in [7, 11) is 1.22. The van der Waals surface area contributed by atoms with Crippen molar-refractivity contribution in [1.29, 1.82) is 0 Å². The van der Waals surface area contributed by atoms with Crippen LogP contribution in [0.2, 0.25) is 0 Å². The van der Waals surface area contributed by atoms with E-state index >= 15 is 0 Å². The first-order chi connectivity index (χ1) is 8.85. The molecule has 2 atom stereocenters. The van der Waals surface area contributed by atoms with Gasteiger partial charge in [0, 0.05) is 11.6 Å². The van der Waals surface area contributed by atoms with Crippen LogP contribution in [0.1, 0.15) is 32.8 Å².